The third-order valence-electron chi connectivity index (χ3n) is 3.76. The Labute approximate surface area is 136 Å². The molecule has 2 aromatic rings. The Balaban J connectivity index is 1.62. The topological polar surface area (TPSA) is 30.5 Å². The molecule has 1 N–H and O–H groups in total. The summed E-state index contributed by atoms with van der Waals surface area (Å²) < 4.78 is 11.5. The van der Waals surface area contributed by atoms with E-state index in [1.807, 2.05) is 48.5 Å². The fraction of sp³-hybridized carbons (Fsp3) is 0.333. The van der Waals surface area contributed by atoms with Crippen LogP contribution in [0, 0.1) is 0 Å². The highest BCUT2D eigenvalue weighted by molar-refractivity contribution is 6.31. The largest absolute Gasteiger partial charge is 0.489 e. The molecule has 1 atom stereocenters. The van der Waals surface area contributed by atoms with Crippen LogP contribution in [-0.2, 0) is 11.3 Å². The average Bonchev–Trinajstić information content (AvgIpc) is 3.06. The van der Waals surface area contributed by atoms with Gasteiger partial charge in [0.25, 0.3) is 0 Å². The summed E-state index contributed by atoms with van der Waals surface area (Å²) in [4.78, 5) is 0. The quantitative estimate of drug-likeness (QED) is 0.850. The predicted octanol–water partition coefficient (Wildman–Crippen LogP) is 4.51. The van der Waals surface area contributed by atoms with Crippen molar-refractivity contribution in [1.29, 1.82) is 0 Å². The van der Waals surface area contributed by atoms with Gasteiger partial charge in [-0.1, -0.05) is 41.9 Å². The highest BCUT2D eigenvalue weighted by atomic mass is 35.5. The number of ether oxygens (including phenoxy) is 2. The molecule has 0 aromatic heterocycles. The Hall–Kier alpha value is -1.71. The first-order valence-electron chi connectivity index (χ1n) is 7.63. The van der Waals surface area contributed by atoms with Crippen molar-refractivity contribution in [2.24, 2.45) is 0 Å². The molecule has 2 aromatic carbocycles. The van der Waals surface area contributed by atoms with Crippen molar-refractivity contribution in [1.82, 2.24) is 0 Å². The molecule has 0 bridgehead atoms. The fourth-order valence-corrected chi connectivity index (χ4v) is 2.73. The molecule has 1 aliphatic heterocycles. The molecule has 1 saturated heterocycles. The summed E-state index contributed by atoms with van der Waals surface area (Å²) >= 11 is 6.19. The summed E-state index contributed by atoms with van der Waals surface area (Å²) in [6.07, 6.45) is 2.42. The maximum absolute atomic E-state index is 6.19. The number of halogens is 1. The van der Waals surface area contributed by atoms with Crippen LogP contribution in [-0.4, -0.2) is 19.3 Å². The number of hydrogen-bond acceptors (Lipinski definition) is 3. The smallest absolute Gasteiger partial charge is 0.142 e. The minimum atomic E-state index is 0.219. The molecule has 0 aliphatic carbocycles. The van der Waals surface area contributed by atoms with Gasteiger partial charge in [-0.2, -0.15) is 0 Å². The molecule has 0 spiro atoms. The van der Waals surface area contributed by atoms with Gasteiger partial charge in [0, 0.05) is 18.2 Å². The molecule has 1 aliphatic rings. The van der Waals surface area contributed by atoms with Crippen LogP contribution in [0.1, 0.15) is 18.4 Å². The van der Waals surface area contributed by atoms with Crippen molar-refractivity contribution < 1.29 is 9.47 Å². The van der Waals surface area contributed by atoms with Crippen LogP contribution in [0.15, 0.2) is 48.5 Å². The lowest BCUT2D eigenvalue weighted by molar-refractivity contribution is 0.0682. The molecule has 1 heterocycles. The van der Waals surface area contributed by atoms with Crippen LogP contribution in [0.5, 0.6) is 5.75 Å². The number of para-hydroxylation sites is 2. The van der Waals surface area contributed by atoms with Crippen molar-refractivity contribution in [2.75, 3.05) is 18.5 Å². The van der Waals surface area contributed by atoms with Crippen LogP contribution < -0.4 is 10.1 Å². The SMILES string of the molecule is Clc1ccccc1CNc1ccccc1OCC1CCCO1. The zero-order valence-electron chi connectivity index (χ0n) is 12.4. The van der Waals surface area contributed by atoms with Crippen molar-refractivity contribution in [3.8, 4) is 5.75 Å². The molecular weight excluding hydrogens is 298 g/mol. The second-order valence-electron chi connectivity index (χ2n) is 5.39. The normalized spacial score (nSPS) is 17.4. The highest BCUT2D eigenvalue weighted by Crippen LogP contribution is 2.26. The zero-order chi connectivity index (χ0) is 15.2. The van der Waals surface area contributed by atoms with Crippen molar-refractivity contribution >= 4 is 17.3 Å². The number of hydrogen-bond donors (Lipinski definition) is 1. The number of rotatable bonds is 6. The number of nitrogens with one attached hydrogen (secondary N) is 1. The van der Waals surface area contributed by atoms with Crippen LogP contribution in [0.2, 0.25) is 5.02 Å². The van der Waals surface area contributed by atoms with Gasteiger partial charge in [0.15, 0.2) is 0 Å². The summed E-state index contributed by atoms with van der Waals surface area (Å²) in [5, 5.41) is 4.17. The van der Waals surface area contributed by atoms with E-state index in [9.17, 15) is 0 Å². The molecule has 3 nitrogen and oxygen atoms in total. The molecule has 3 rings (SSSR count). The second kappa shape index (κ2) is 7.52. The van der Waals surface area contributed by atoms with E-state index < -0.39 is 0 Å². The van der Waals surface area contributed by atoms with Crippen LogP contribution in [0.3, 0.4) is 0 Å². The summed E-state index contributed by atoms with van der Waals surface area (Å²) in [5.41, 5.74) is 2.04. The molecule has 4 heteroatoms. The molecule has 0 saturated carbocycles. The van der Waals surface area contributed by atoms with Gasteiger partial charge < -0.3 is 14.8 Å². The predicted molar refractivity (Wildman–Crippen MR) is 89.7 cm³/mol. The van der Waals surface area contributed by atoms with E-state index in [0.717, 1.165) is 41.5 Å². The maximum Gasteiger partial charge on any atom is 0.142 e. The first kappa shape index (κ1) is 15.2. The summed E-state index contributed by atoms with van der Waals surface area (Å²) in [5.74, 6) is 0.852. The molecule has 0 radical (unpaired) electrons. The molecule has 0 amide bonds. The standard InChI is InChI=1S/C18H20ClNO2/c19-16-8-2-1-6-14(16)12-20-17-9-3-4-10-18(17)22-13-15-7-5-11-21-15/h1-4,6,8-10,15,20H,5,7,11-13H2. The van der Waals surface area contributed by atoms with Crippen LogP contribution >= 0.6 is 11.6 Å². The second-order valence-corrected chi connectivity index (χ2v) is 5.79. The summed E-state index contributed by atoms with van der Waals surface area (Å²) in [7, 11) is 0. The first-order chi connectivity index (χ1) is 10.8. The van der Waals surface area contributed by atoms with E-state index in [-0.39, 0.29) is 6.10 Å². The monoisotopic (exact) mass is 317 g/mol. The Morgan fingerprint density at radius 3 is 2.77 bits per heavy atom. The van der Waals surface area contributed by atoms with Gasteiger partial charge in [-0.05, 0) is 36.6 Å². The van der Waals surface area contributed by atoms with Gasteiger partial charge in [-0.15, -0.1) is 0 Å². The van der Waals surface area contributed by atoms with Crippen molar-refractivity contribution in [3.63, 3.8) is 0 Å². The minimum absolute atomic E-state index is 0.219. The maximum atomic E-state index is 6.19. The molecule has 1 fully saturated rings. The summed E-state index contributed by atoms with van der Waals surface area (Å²) in [6.45, 7) is 2.12. The Bertz CT molecular complexity index is 612. The fourth-order valence-electron chi connectivity index (χ4n) is 2.53. The van der Waals surface area contributed by atoms with E-state index in [0.29, 0.717) is 13.2 Å². The average molecular weight is 318 g/mol. The van der Waals surface area contributed by atoms with Gasteiger partial charge >= 0.3 is 0 Å². The number of anilines is 1. The number of benzene rings is 2. The van der Waals surface area contributed by atoms with E-state index in [1.165, 1.54) is 0 Å². The van der Waals surface area contributed by atoms with E-state index >= 15 is 0 Å². The Morgan fingerprint density at radius 1 is 1.14 bits per heavy atom. The molecule has 116 valence electrons. The highest BCUT2D eigenvalue weighted by Gasteiger charge is 2.16. The zero-order valence-corrected chi connectivity index (χ0v) is 13.2. The third kappa shape index (κ3) is 3.93. The summed E-state index contributed by atoms with van der Waals surface area (Å²) in [6, 6.07) is 15.8. The Kier molecular flexibility index (Phi) is 5.20. The van der Waals surface area contributed by atoms with Gasteiger partial charge in [-0.3, -0.25) is 0 Å². The van der Waals surface area contributed by atoms with Crippen LogP contribution in [0.25, 0.3) is 0 Å². The van der Waals surface area contributed by atoms with Gasteiger partial charge in [0.1, 0.15) is 12.4 Å². The minimum Gasteiger partial charge on any atom is -0.489 e. The van der Waals surface area contributed by atoms with Crippen molar-refractivity contribution in [2.45, 2.75) is 25.5 Å². The molecular formula is C18H20ClNO2. The van der Waals surface area contributed by atoms with Gasteiger partial charge in [0.05, 0.1) is 11.8 Å². The lowest BCUT2D eigenvalue weighted by Gasteiger charge is -2.16. The van der Waals surface area contributed by atoms with E-state index in [4.69, 9.17) is 21.1 Å². The third-order valence-corrected chi connectivity index (χ3v) is 4.13. The van der Waals surface area contributed by atoms with Crippen LogP contribution in [0.4, 0.5) is 5.69 Å². The Morgan fingerprint density at radius 2 is 1.95 bits per heavy atom. The van der Waals surface area contributed by atoms with E-state index in [2.05, 4.69) is 5.32 Å². The lowest BCUT2D eigenvalue weighted by Crippen LogP contribution is -2.16. The van der Waals surface area contributed by atoms with Gasteiger partial charge in [0.2, 0.25) is 0 Å². The molecule has 1 unspecified atom stereocenters. The lowest BCUT2D eigenvalue weighted by atomic mass is 10.2. The first-order valence-corrected chi connectivity index (χ1v) is 8.01. The van der Waals surface area contributed by atoms with Crippen molar-refractivity contribution in [3.05, 3.63) is 59.1 Å². The molecule has 22 heavy (non-hydrogen) atoms. The van der Waals surface area contributed by atoms with E-state index in [1.54, 1.807) is 0 Å². The van der Waals surface area contributed by atoms with Gasteiger partial charge in [-0.25, -0.2) is 0 Å².